The number of hydrogen-bond acceptors (Lipinski definition) is 5. The fourth-order valence-corrected chi connectivity index (χ4v) is 5.93. The van der Waals surface area contributed by atoms with Crippen LogP contribution < -0.4 is 14.4 Å². The smallest absolute Gasteiger partial charge is 0.264 e. The summed E-state index contributed by atoms with van der Waals surface area (Å²) in [5.41, 5.74) is 1.69. The number of benzene rings is 3. The molecule has 2 amide bonds. The maximum atomic E-state index is 14.2. The third-order valence-electron chi connectivity index (χ3n) is 6.80. The number of aryl methyl sites for hydroxylation is 1. The van der Waals surface area contributed by atoms with E-state index in [4.69, 9.17) is 4.74 Å². The fraction of sp³-hybridized carbons (Fsp3) is 0.375. The summed E-state index contributed by atoms with van der Waals surface area (Å²) in [6, 6.07) is 17.8. The predicted octanol–water partition coefficient (Wildman–Crippen LogP) is 5.45. The minimum absolute atomic E-state index is 0.00958. The molecule has 0 spiro atoms. The molecule has 1 atom stereocenters. The van der Waals surface area contributed by atoms with E-state index in [2.05, 4.69) is 5.32 Å². The van der Waals surface area contributed by atoms with Crippen molar-refractivity contribution in [3.05, 3.63) is 89.7 Å². The Kier molecular flexibility index (Phi) is 11.9. The van der Waals surface area contributed by atoms with Gasteiger partial charge in [-0.1, -0.05) is 62.2 Å². The van der Waals surface area contributed by atoms with Gasteiger partial charge < -0.3 is 15.0 Å². The molecule has 0 aliphatic rings. The number of carbonyl (C=O) groups is 2. The summed E-state index contributed by atoms with van der Waals surface area (Å²) in [6.07, 6.45) is 1.97. The molecule has 42 heavy (non-hydrogen) atoms. The van der Waals surface area contributed by atoms with E-state index in [0.29, 0.717) is 24.3 Å². The van der Waals surface area contributed by atoms with E-state index in [1.165, 1.54) is 29.2 Å². The van der Waals surface area contributed by atoms with Gasteiger partial charge in [0.1, 0.15) is 24.2 Å². The van der Waals surface area contributed by atoms with Crippen molar-refractivity contribution in [3.63, 3.8) is 0 Å². The number of hydrogen-bond donors (Lipinski definition) is 1. The number of rotatable bonds is 15. The van der Waals surface area contributed by atoms with Gasteiger partial charge in [0, 0.05) is 13.1 Å². The highest BCUT2D eigenvalue weighted by Crippen LogP contribution is 2.33. The van der Waals surface area contributed by atoms with Crippen molar-refractivity contribution in [2.45, 2.75) is 64.4 Å². The Morgan fingerprint density at radius 1 is 0.952 bits per heavy atom. The molecule has 0 aromatic heterocycles. The number of unbranched alkanes of at least 4 members (excludes halogenated alkanes) is 1. The molecule has 0 unspecified atom stereocenters. The molecule has 0 saturated carbocycles. The predicted molar refractivity (Wildman–Crippen MR) is 162 cm³/mol. The molecule has 0 aliphatic heterocycles. The summed E-state index contributed by atoms with van der Waals surface area (Å²) in [6.45, 7) is 7.60. The lowest BCUT2D eigenvalue weighted by Gasteiger charge is -2.33. The number of sulfonamides is 1. The van der Waals surface area contributed by atoms with Crippen LogP contribution in [0.2, 0.25) is 0 Å². The molecular formula is C32H40FN3O5S. The van der Waals surface area contributed by atoms with E-state index in [9.17, 15) is 22.4 Å². The second-order valence-electron chi connectivity index (χ2n) is 9.94. The molecule has 0 aliphatic carbocycles. The van der Waals surface area contributed by atoms with E-state index >= 15 is 0 Å². The van der Waals surface area contributed by atoms with E-state index in [1.807, 2.05) is 13.8 Å². The largest absolute Gasteiger partial charge is 0.492 e. The van der Waals surface area contributed by atoms with Gasteiger partial charge in [-0.15, -0.1) is 0 Å². The number of nitrogens with zero attached hydrogens (tertiary/aromatic N) is 2. The highest BCUT2D eigenvalue weighted by Gasteiger charge is 2.34. The standard InChI is InChI=1S/C32H40FN3O5S/c1-5-8-21-34-32(38)28(6-2)35(22-25-15-17-26(33)18-16-25)31(37)23-36(29-11-9-10-12-30(29)41-7-3)42(39,40)27-19-13-24(4)14-20-27/h9-20,28H,5-8,21-23H2,1-4H3,(H,34,38)/t28-/m0/s1. The second-order valence-corrected chi connectivity index (χ2v) is 11.8. The van der Waals surface area contributed by atoms with Crippen molar-refractivity contribution >= 4 is 27.5 Å². The first-order valence-electron chi connectivity index (χ1n) is 14.2. The van der Waals surface area contributed by atoms with Crippen LogP contribution in [0.4, 0.5) is 10.1 Å². The van der Waals surface area contributed by atoms with Gasteiger partial charge in [0.25, 0.3) is 10.0 Å². The Labute approximate surface area is 248 Å². The van der Waals surface area contributed by atoms with Crippen LogP contribution >= 0.6 is 0 Å². The maximum Gasteiger partial charge on any atom is 0.264 e. The normalized spacial score (nSPS) is 11.9. The molecular weight excluding hydrogens is 557 g/mol. The zero-order chi connectivity index (χ0) is 30.7. The van der Waals surface area contributed by atoms with Gasteiger partial charge in [-0.2, -0.15) is 0 Å². The van der Waals surface area contributed by atoms with Crippen LogP contribution in [-0.2, 0) is 26.2 Å². The van der Waals surface area contributed by atoms with Crippen molar-refractivity contribution in [3.8, 4) is 5.75 Å². The van der Waals surface area contributed by atoms with Gasteiger partial charge in [-0.3, -0.25) is 13.9 Å². The van der Waals surface area contributed by atoms with Crippen molar-refractivity contribution in [1.29, 1.82) is 0 Å². The zero-order valence-electron chi connectivity index (χ0n) is 24.7. The molecule has 0 fully saturated rings. The first-order chi connectivity index (χ1) is 20.1. The average molecular weight is 598 g/mol. The lowest BCUT2D eigenvalue weighted by atomic mass is 10.1. The van der Waals surface area contributed by atoms with Crippen molar-refractivity contribution in [2.24, 2.45) is 0 Å². The quantitative estimate of drug-likeness (QED) is 0.235. The number of carbonyl (C=O) groups excluding carboxylic acids is 2. The first-order valence-corrected chi connectivity index (χ1v) is 15.7. The average Bonchev–Trinajstić information content (AvgIpc) is 2.97. The topological polar surface area (TPSA) is 96.0 Å². The Balaban J connectivity index is 2.08. The van der Waals surface area contributed by atoms with E-state index in [-0.39, 0.29) is 29.6 Å². The molecule has 10 heteroatoms. The fourth-order valence-electron chi connectivity index (χ4n) is 4.50. The van der Waals surface area contributed by atoms with Crippen molar-refractivity contribution in [1.82, 2.24) is 10.2 Å². The molecule has 3 aromatic rings. The van der Waals surface area contributed by atoms with Gasteiger partial charge in [-0.25, -0.2) is 12.8 Å². The Morgan fingerprint density at radius 2 is 1.62 bits per heavy atom. The molecule has 3 rings (SSSR count). The maximum absolute atomic E-state index is 14.2. The lowest BCUT2D eigenvalue weighted by Crippen LogP contribution is -2.52. The summed E-state index contributed by atoms with van der Waals surface area (Å²) >= 11 is 0. The minimum Gasteiger partial charge on any atom is -0.492 e. The number of amides is 2. The molecule has 0 radical (unpaired) electrons. The summed E-state index contributed by atoms with van der Waals surface area (Å²) in [4.78, 5) is 28.8. The molecule has 0 saturated heterocycles. The van der Waals surface area contributed by atoms with Crippen LogP contribution in [0, 0.1) is 12.7 Å². The van der Waals surface area contributed by atoms with Crippen LogP contribution in [0.1, 0.15) is 51.2 Å². The second kappa shape index (κ2) is 15.3. The van der Waals surface area contributed by atoms with Crippen molar-refractivity contribution < 1.29 is 27.1 Å². The van der Waals surface area contributed by atoms with Crippen LogP contribution in [0.5, 0.6) is 5.75 Å². The molecule has 226 valence electrons. The summed E-state index contributed by atoms with van der Waals surface area (Å²) in [5.74, 6) is -1.04. The van der Waals surface area contributed by atoms with Gasteiger partial charge >= 0.3 is 0 Å². The third-order valence-corrected chi connectivity index (χ3v) is 8.58. The molecule has 1 N–H and O–H groups in total. The minimum atomic E-state index is -4.23. The number of halogens is 1. The number of ether oxygens (including phenoxy) is 1. The van der Waals surface area contributed by atoms with E-state index in [1.54, 1.807) is 62.4 Å². The van der Waals surface area contributed by atoms with E-state index < -0.39 is 34.3 Å². The summed E-state index contributed by atoms with van der Waals surface area (Å²) in [5, 5.41) is 2.89. The van der Waals surface area contributed by atoms with Crippen LogP contribution in [0.15, 0.2) is 77.7 Å². The number of para-hydroxylation sites is 2. The van der Waals surface area contributed by atoms with Crippen LogP contribution in [-0.4, -0.2) is 50.9 Å². The van der Waals surface area contributed by atoms with Gasteiger partial charge in [0.05, 0.1) is 17.2 Å². The van der Waals surface area contributed by atoms with Gasteiger partial charge in [0.2, 0.25) is 11.8 Å². The van der Waals surface area contributed by atoms with Crippen LogP contribution in [0.3, 0.4) is 0 Å². The lowest BCUT2D eigenvalue weighted by molar-refractivity contribution is -0.140. The van der Waals surface area contributed by atoms with Crippen LogP contribution in [0.25, 0.3) is 0 Å². The Morgan fingerprint density at radius 3 is 2.24 bits per heavy atom. The molecule has 0 bridgehead atoms. The first kappa shape index (κ1) is 32.6. The van der Waals surface area contributed by atoms with Gasteiger partial charge in [0.15, 0.2) is 0 Å². The third kappa shape index (κ3) is 8.31. The molecule has 3 aromatic carbocycles. The number of anilines is 1. The highest BCUT2D eigenvalue weighted by atomic mass is 32.2. The zero-order valence-corrected chi connectivity index (χ0v) is 25.5. The summed E-state index contributed by atoms with van der Waals surface area (Å²) in [7, 11) is -4.23. The number of nitrogens with one attached hydrogen (secondary N) is 1. The van der Waals surface area contributed by atoms with Crippen molar-refractivity contribution in [2.75, 3.05) is 24.0 Å². The Bertz CT molecular complexity index is 1430. The Hall–Kier alpha value is -3.92. The monoisotopic (exact) mass is 597 g/mol. The van der Waals surface area contributed by atoms with E-state index in [0.717, 1.165) is 22.7 Å². The summed E-state index contributed by atoms with van der Waals surface area (Å²) < 4.78 is 48.6. The molecule has 8 nitrogen and oxygen atoms in total. The van der Waals surface area contributed by atoms with Gasteiger partial charge in [-0.05, 0) is 68.7 Å². The SMILES string of the molecule is CCCCNC(=O)[C@H](CC)N(Cc1ccc(F)cc1)C(=O)CN(c1ccccc1OCC)S(=O)(=O)c1ccc(C)cc1. The highest BCUT2D eigenvalue weighted by molar-refractivity contribution is 7.92. The molecule has 0 heterocycles.